The number of benzene rings is 2. The van der Waals surface area contributed by atoms with E-state index in [9.17, 15) is 18.0 Å². The Hall–Kier alpha value is -2.00. The fourth-order valence-electron chi connectivity index (χ4n) is 3.46. The van der Waals surface area contributed by atoms with E-state index in [0.717, 1.165) is 18.7 Å². The van der Waals surface area contributed by atoms with Gasteiger partial charge < -0.3 is 15.0 Å². The molecule has 1 aliphatic rings. The number of carbonyl (C=O) groups is 1. The number of halogens is 5. The number of rotatable bonds is 6. The predicted molar refractivity (Wildman–Crippen MR) is 113 cm³/mol. The summed E-state index contributed by atoms with van der Waals surface area (Å²) in [5, 5.41) is 3.82. The zero-order valence-corrected chi connectivity index (χ0v) is 18.3. The minimum Gasteiger partial charge on any atom is -0.406 e. The molecule has 0 bridgehead atoms. The Morgan fingerprint density at radius 1 is 1.06 bits per heavy atom. The quantitative estimate of drug-likeness (QED) is 0.667. The van der Waals surface area contributed by atoms with Crippen molar-refractivity contribution in [2.75, 3.05) is 33.2 Å². The van der Waals surface area contributed by atoms with E-state index in [4.69, 9.17) is 23.2 Å². The second-order valence-electron chi connectivity index (χ2n) is 7.35. The highest BCUT2D eigenvalue weighted by atomic mass is 35.5. The van der Waals surface area contributed by atoms with Crippen molar-refractivity contribution in [3.05, 3.63) is 63.6 Å². The van der Waals surface area contributed by atoms with Crippen LogP contribution in [0.1, 0.15) is 17.2 Å². The third-order valence-corrected chi connectivity index (χ3v) is 5.41. The predicted octanol–water partition coefficient (Wildman–Crippen LogP) is 4.50. The van der Waals surface area contributed by atoms with Gasteiger partial charge >= 0.3 is 6.36 Å². The van der Waals surface area contributed by atoms with Gasteiger partial charge in [-0.1, -0.05) is 35.3 Å². The average molecular weight is 476 g/mol. The number of piperazine rings is 1. The Kier molecular flexibility index (Phi) is 7.69. The molecule has 0 saturated carbocycles. The number of hydrogen-bond donors (Lipinski definition) is 1. The zero-order chi connectivity index (χ0) is 22.6. The van der Waals surface area contributed by atoms with E-state index < -0.39 is 12.4 Å². The van der Waals surface area contributed by atoms with Gasteiger partial charge in [-0.3, -0.25) is 9.69 Å². The van der Waals surface area contributed by atoms with Crippen LogP contribution < -0.4 is 10.1 Å². The Bertz CT molecular complexity index is 881. The van der Waals surface area contributed by atoms with E-state index in [1.807, 2.05) is 11.9 Å². The molecule has 10 heteroatoms. The van der Waals surface area contributed by atoms with Crippen LogP contribution in [0.15, 0.2) is 42.5 Å². The van der Waals surface area contributed by atoms with Crippen LogP contribution in [0.3, 0.4) is 0 Å². The van der Waals surface area contributed by atoms with Crippen LogP contribution >= 0.6 is 23.2 Å². The van der Waals surface area contributed by atoms with Gasteiger partial charge in [-0.05, 0) is 48.5 Å². The monoisotopic (exact) mass is 475 g/mol. The lowest BCUT2D eigenvalue weighted by molar-refractivity contribution is -0.274. The molecule has 31 heavy (non-hydrogen) atoms. The average Bonchev–Trinajstić information content (AvgIpc) is 2.67. The third kappa shape index (κ3) is 7.00. The van der Waals surface area contributed by atoms with Gasteiger partial charge in [0.15, 0.2) is 0 Å². The summed E-state index contributed by atoms with van der Waals surface area (Å²) in [6, 6.07) is 9.78. The first kappa shape index (κ1) is 23.7. The van der Waals surface area contributed by atoms with Gasteiger partial charge in [0.2, 0.25) is 5.91 Å². The lowest BCUT2D eigenvalue weighted by atomic mass is 10.0. The fourth-order valence-corrected chi connectivity index (χ4v) is 4.03. The third-order valence-electron chi connectivity index (χ3n) is 4.97. The van der Waals surface area contributed by atoms with E-state index in [2.05, 4.69) is 15.0 Å². The molecular formula is C21H22Cl2F3N3O2. The summed E-state index contributed by atoms with van der Waals surface area (Å²) in [5.74, 6) is -0.590. The van der Waals surface area contributed by atoms with Crippen LogP contribution in [-0.4, -0.2) is 55.3 Å². The summed E-state index contributed by atoms with van der Waals surface area (Å²) in [6.07, 6.45) is -4.77. The van der Waals surface area contributed by atoms with Gasteiger partial charge in [0.25, 0.3) is 0 Å². The van der Waals surface area contributed by atoms with Crippen molar-refractivity contribution in [1.29, 1.82) is 0 Å². The Labute approximate surface area is 188 Å². The van der Waals surface area contributed by atoms with Crippen molar-refractivity contribution in [1.82, 2.24) is 15.1 Å². The summed E-state index contributed by atoms with van der Waals surface area (Å²) >= 11 is 12.0. The highest BCUT2D eigenvalue weighted by Crippen LogP contribution is 2.28. The first-order chi connectivity index (χ1) is 14.6. The van der Waals surface area contributed by atoms with Gasteiger partial charge in [-0.15, -0.1) is 13.2 Å². The first-order valence-corrected chi connectivity index (χ1v) is 10.4. The molecule has 1 amide bonds. The number of likely N-dealkylation sites (N-methyl/N-ethyl adjacent to an activating group) is 1. The molecule has 2 aromatic carbocycles. The van der Waals surface area contributed by atoms with Crippen LogP contribution in [0.5, 0.6) is 5.75 Å². The van der Waals surface area contributed by atoms with Crippen LogP contribution in [-0.2, 0) is 11.3 Å². The highest BCUT2D eigenvalue weighted by Gasteiger charge is 2.32. The molecule has 168 valence electrons. The van der Waals surface area contributed by atoms with Crippen molar-refractivity contribution in [3.8, 4) is 5.75 Å². The number of alkyl halides is 3. The summed E-state index contributed by atoms with van der Waals surface area (Å²) in [5.41, 5.74) is 1.33. The van der Waals surface area contributed by atoms with Gasteiger partial charge in [0, 0.05) is 42.8 Å². The molecule has 1 heterocycles. The molecule has 1 saturated heterocycles. The van der Waals surface area contributed by atoms with E-state index in [-0.39, 0.29) is 18.2 Å². The van der Waals surface area contributed by atoms with Crippen LogP contribution in [0, 0.1) is 0 Å². The second-order valence-corrected chi connectivity index (χ2v) is 8.23. The Morgan fingerprint density at radius 3 is 2.19 bits per heavy atom. The largest absolute Gasteiger partial charge is 0.573 e. The normalized spacial score (nSPS) is 16.7. The SMILES string of the molecule is CN1CCN(C(C(=O)NCc2cc(Cl)cc(Cl)c2)c2ccc(OC(F)(F)F)cc2)CC1. The van der Waals surface area contributed by atoms with Crippen molar-refractivity contribution in [2.24, 2.45) is 0 Å². The molecule has 5 nitrogen and oxygen atoms in total. The highest BCUT2D eigenvalue weighted by molar-refractivity contribution is 6.34. The molecule has 0 aromatic heterocycles. The number of amides is 1. The van der Waals surface area contributed by atoms with Gasteiger partial charge in [-0.25, -0.2) is 0 Å². The first-order valence-electron chi connectivity index (χ1n) is 9.62. The number of hydrogen-bond acceptors (Lipinski definition) is 4. The van der Waals surface area contributed by atoms with E-state index in [1.165, 1.54) is 24.3 Å². The van der Waals surface area contributed by atoms with Crippen molar-refractivity contribution in [2.45, 2.75) is 18.9 Å². The number of nitrogens with one attached hydrogen (secondary N) is 1. The maximum atomic E-state index is 13.1. The molecule has 0 radical (unpaired) electrons. The topological polar surface area (TPSA) is 44.8 Å². The van der Waals surface area contributed by atoms with Crippen LogP contribution in [0.2, 0.25) is 10.0 Å². The van der Waals surface area contributed by atoms with Crippen LogP contribution in [0.25, 0.3) is 0 Å². The number of nitrogens with zero attached hydrogens (tertiary/aromatic N) is 2. The summed E-state index contributed by atoms with van der Waals surface area (Å²) in [4.78, 5) is 17.3. The molecule has 1 N–H and O–H groups in total. The maximum absolute atomic E-state index is 13.1. The zero-order valence-electron chi connectivity index (χ0n) is 16.8. The minimum atomic E-state index is -4.77. The minimum absolute atomic E-state index is 0.221. The smallest absolute Gasteiger partial charge is 0.406 e. The maximum Gasteiger partial charge on any atom is 0.573 e. The molecule has 2 aromatic rings. The fraction of sp³-hybridized carbons (Fsp3) is 0.381. The molecule has 1 unspecified atom stereocenters. The van der Waals surface area contributed by atoms with E-state index >= 15 is 0 Å². The van der Waals surface area contributed by atoms with Gasteiger partial charge in [0.05, 0.1) is 0 Å². The number of ether oxygens (including phenoxy) is 1. The molecule has 0 aliphatic carbocycles. The lowest BCUT2D eigenvalue weighted by Gasteiger charge is -2.37. The Morgan fingerprint density at radius 2 is 1.65 bits per heavy atom. The van der Waals surface area contributed by atoms with E-state index in [1.54, 1.807) is 18.2 Å². The summed E-state index contributed by atoms with van der Waals surface area (Å²) in [7, 11) is 2.00. The second kappa shape index (κ2) is 10.1. The van der Waals surface area contributed by atoms with E-state index in [0.29, 0.717) is 28.7 Å². The molecule has 1 aliphatic heterocycles. The van der Waals surface area contributed by atoms with Gasteiger partial charge in [-0.2, -0.15) is 0 Å². The summed E-state index contributed by atoms with van der Waals surface area (Å²) < 4.78 is 41.3. The van der Waals surface area contributed by atoms with Crippen molar-refractivity contribution < 1.29 is 22.7 Å². The lowest BCUT2D eigenvalue weighted by Crippen LogP contribution is -2.49. The molecule has 3 rings (SSSR count). The van der Waals surface area contributed by atoms with Gasteiger partial charge in [0.1, 0.15) is 11.8 Å². The molecule has 1 atom stereocenters. The van der Waals surface area contributed by atoms with Crippen molar-refractivity contribution in [3.63, 3.8) is 0 Å². The molecule has 1 fully saturated rings. The van der Waals surface area contributed by atoms with Crippen molar-refractivity contribution >= 4 is 29.1 Å². The molecule has 0 spiro atoms. The summed E-state index contributed by atoms with van der Waals surface area (Å²) in [6.45, 7) is 3.08. The Balaban J connectivity index is 1.78. The standard InChI is InChI=1S/C21H22Cl2F3N3O2/c1-28-6-8-29(9-7-28)19(15-2-4-18(5-3-15)31-21(24,25)26)20(30)27-13-14-10-16(22)12-17(23)11-14/h2-5,10-12,19H,6-9,13H2,1H3,(H,27,30). The number of carbonyl (C=O) groups excluding carboxylic acids is 1. The van der Waals surface area contributed by atoms with Crippen LogP contribution in [0.4, 0.5) is 13.2 Å². The molecular weight excluding hydrogens is 454 g/mol.